The van der Waals surface area contributed by atoms with E-state index in [2.05, 4.69) is 36.7 Å². The van der Waals surface area contributed by atoms with Gasteiger partial charge in [0.1, 0.15) is 6.54 Å². The number of fused-ring (bicyclic) bond motifs is 2. The highest BCUT2D eigenvalue weighted by Gasteiger charge is 2.31. The third-order valence-electron chi connectivity index (χ3n) is 5.07. The van der Waals surface area contributed by atoms with Gasteiger partial charge >= 0.3 is 0 Å². The number of tetrazole rings is 1. The summed E-state index contributed by atoms with van der Waals surface area (Å²) < 4.78 is 0.926. The van der Waals surface area contributed by atoms with Gasteiger partial charge in [0.05, 0.1) is 11.3 Å². The summed E-state index contributed by atoms with van der Waals surface area (Å²) in [5, 5.41) is 14.8. The van der Waals surface area contributed by atoms with Crippen LogP contribution in [0.3, 0.4) is 0 Å². The van der Waals surface area contributed by atoms with Gasteiger partial charge in [0, 0.05) is 26.7 Å². The average Bonchev–Trinajstić information content (AvgIpc) is 3.26. The minimum absolute atomic E-state index is 0.187. The van der Waals surface area contributed by atoms with Gasteiger partial charge in [-0.2, -0.15) is 4.80 Å². The van der Waals surface area contributed by atoms with Crippen molar-refractivity contribution >= 4 is 39.1 Å². The van der Waals surface area contributed by atoms with Gasteiger partial charge in [-0.05, 0) is 35.5 Å². The van der Waals surface area contributed by atoms with Crippen molar-refractivity contribution in [1.82, 2.24) is 20.2 Å². The highest BCUT2D eigenvalue weighted by Crippen LogP contribution is 2.31. The third kappa shape index (κ3) is 3.52. The summed E-state index contributed by atoms with van der Waals surface area (Å²) in [4.78, 5) is 39.7. The summed E-state index contributed by atoms with van der Waals surface area (Å²) in [6.45, 7) is -0.202. The normalized spacial score (nSPS) is 12.3. The lowest BCUT2D eigenvalue weighted by atomic mass is 9.83. The Morgan fingerprint density at radius 1 is 0.875 bits per heavy atom. The number of amides is 1. The molecule has 1 amide bonds. The second-order valence-corrected chi connectivity index (χ2v) is 8.05. The third-order valence-corrected chi connectivity index (χ3v) is 5.60. The highest BCUT2D eigenvalue weighted by atomic mass is 79.9. The summed E-state index contributed by atoms with van der Waals surface area (Å²) in [5.74, 6) is -0.608. The summed E-state index contributed by atoms with van der Waals surface area (Å²) >= 11 is 3.37. The number of hydrogen-bond donors (Lipinski definition) is 1. The molecule has 0 spiro atoms. The lowest BCUT2D eigenvalue weighted by Gasteiger charge is -2.20. The van der Waals surface area contributed by atoms with E-state index in [1.54, 1.807) is 42.5 Å². The van der Waals surface area contributed by atoms with Crippen LogP contribution in [0.2, 0.25) is 0 Å². The molecule has 8 nitrogen and oxygen atoms in total. The van der Waals surface area contributed by atoms with E-state index in [1.807, 2.05) is 24.3 Å². The fourth-order valence-corrected chi connectivity index (χ4v) is 3.86. The Kier molecular flexibility index (Phi) is 4.95. The zero-order chi connectivity index (χ0) is 22.2. The molecule has 3 aromatic carbocycles. The molecule has 156 valence electrons. The van der Waals surface area contributed by atoms with E-state index in [9.17, 15) is 14.4 Å². The topological polar surface area (TPSA) is 107 Å². The van der Waals surface area contributed by atoms with Crippen LogP contribution in [0.1, 0.15) is 31.8 Å². The second kappa shape index (κ2) is 7.93. The van der Waals surface area contributed by atoms with Crippen LogP contribution in [0, 0.1) is 0 Å². The first-order chi connectivity index (χ1) is 15.5. The van der Waals surface area contributed by atoms with Gasteiger partial charge in [-0.15, -0.1) is 10.2 Å². The van der Waals surface area contributed by atoms with Crippen LogP contribution in [0.25, 0.3) is 11.4 Å². The number of anilines is 1. The summed E-state index contributed by atoms with van der Waals surface area (Å²) in [6.07, 6.45) is 0. The molecule has 0 unspecified atom stereocenters. The number of carbonyl (C=O) groups excluding carboxylic acids is 3. The Balaban J connectivity index is 1.38. The molecule has 0 saturated heterocycles. The number of benzene rings is 3. The molecule has 0 saturated carbocycles. The number of nitrogens with zero attached hydrogens (tertiary/aromatic N) is 4. The van der Waals surface area contributed by atoms with E-state index in [0.29, 0.717) is 17.0 Å². The van der Waals surface area contributed by atoms with Crippen molar-refractivity contribution in [2.45, 2.75) is 6.54 Å². The van der Waals surface area contributed by atoms with Gasteiger partial charge in [-0.25, -0.2) is 0 Å². The number of nitrogens with one attached hydrogen (secondary N) is 1. The minimum Gasteiger partial charge on any atom is -0.324 e. The first-order valence-electron chi connectivity index (χ1n) is 9.66. The fraction of sp³-hybridized carbons (Fsp3) is 0.0435. The van der Waals surface area contributed by atoms with Crippen molar-refractivity contribution < 1.29 is 14.4 Å². The number of hydrogen-bond acceptors (Lipinski definition) is 6. The molecule has 32 heavy (non-hydrogen) atoms. The molecular formula is C23H14BrN5O3. The van der Waals surface area contributed by atoms with Crippen LogP contribution < -0.4 is 5.32 Å². The number of halogens is 1. The van der Waals surface area contributed by atoms with E-state index in [1.165, 1.54) is 4.80 Å². The molecule has 0 bridgehead atoms. The molecular weight excluding hydrogens is 474 g/mol. The highest BCUT2D eigenvalue weighted by molar-refractivity contribution is 9.10. The predicted octanol–water partition coefficient (Wildman–Crippen LogP) is 3.52. The van der Waals surface area contributed by atoms with E-state index >= 15 is 0 Å². The van der Waals surface area contributed by atoms with Gasteiger partial charge in [0.15, 0.2) is 11.6 Å². The fourth-order valence-electron chi connectivity index (χ4n) is 3.59. The maximum Gasteiger partial charge on any atom is 0.248 e. The van der Waals surface area contributed by atoms with Crippen LogP contribution in [0.4, 0.5) is 5.69 Å². The second-order valence-electron chi connectivity index (χ2n) is 7.13. The molecule has 0 fully saturated rings. The molecule has 4 aromatic rings. The number of carbonyl (C=O) groups is 3. The monoisotopic (exact) mass is 487 g/mol. The van der Waals surface area contributed by atoms with Crippen LogP contribution >= 0.6 is 15.9 Å². The van der Waals surface area contributed by atoms with Crippen LogP contribution in [-0.4, -0.2) is 37.7 Å². The quantitative estimate of drug-likeness (QED) is 0.415. The molecule has 1 heterocycles. The number of rotatable bonds is 4. The molecule has 1 aliphatic carbocycles. The van der Waals surface area contributed by atoms with Crippen LogP contribution in [-0.2, 0) is 11.3 Å². The minimum atomic E-state index is -0.447. The molecule has 0 radical (unpaired) electrons. The van der Waals surface area contributed by atoms with Crippen molar-refractivity contribution in [2.24, 2.45) is 0 Å². The first kappa shape index (κ1) is 20.0. The summed E-state index contributed by atoms with van der Waals surface area (Å²) in [5.41, 5.74) is 2.17. The van der Waals surface area contributed by atoms with Crippen molar-refractivity contribution in [2.75, 3.05) is 5.32 Å². The Labute approximate surface area is 190 Å². The van der Waals surface area contributed by atoms with E-state index < -0.39 is 5.91 Å². The van der Waals surface area contributed by atoms with Gasteiger partial charge in [-0.1, -0.05) is 52.3 Å². The zero-order valence-corrected chi connectivity index (χ0v) is 18.0. The van der Waals surface area contributed by atoms with Crippen molar-refractivity contribution in [3.8, 4) is 11.4 Å². The average molecular weight is 488 g/mol. The number of aromatic nitrogens is 4. The Morgan fingerprint density at radius 3 is 2.31 bits per heavy atom. The lowest BCUT2D eigenvalue weighted by molar-refractivity contribution is -0.117. The Hall–Kier alpha value is -3.98. The van der Waals surface area contributed by atoms with Crippen molar-refractivity contribution in [1.29, 1.82) is 0 Å². The lowest BCUT2D eigenvalue weighted by Crippen LogP contribution is -2.25. The summed E-state index contributed by atoms with van der Waals surface area (Å²) in [6, 6.07) is 18.9. The van der Waals surface area contributed by atoms with Crippen LogP contribution in [0.15, 0.2) is 71.2 Å². The molecule has 5 rings (SSSR count). The maximum absolute atomic E-state index is 13.1. The predicted molar refractivity (Wildman–Crippen MR) is 119 cm³/mol. The molecule has 1 aromatic heterocycles. The SMILES string of the molecule is O=C(Cn1nnc(-c2ccc(Br)cc2)n1)Nc1cccc2c1C(=O)c1ccccc1C2=O. The van der Waals surface area contributed by atoms with E-state index in [0.717, 1.165) is 10.0 Å². The van der Waals surface area contributed by atoms with Crippen molar-refractivity contribution in [3.05, 3.63) is 93.5 Å². The van der Waals surface area contributed by atoms with Gasteiger partial charge in [0.2, 0.25) is 11.7 Å². The van der Waals surface area contributed by atoms with Gasteiger partial charge < -0.3 is 5.32 Å². The molecule has 0 atom stereocenters. The number of ketones is 2. The Bertz CT molecular complexity index is 1400. The molecule has 9 heteroatoms. The van der Waals surface area contributed by atoms with Gasteiger partial charge in [-0.3, -0.25) is 14.4 Å². The first-order valence-corrected chi connectivity index (χ1v) is 10.5. The molecule has 1 N–H and O–H groups in total. The maximum atomic E-state index is 13.1. The van der Waals surface area contributed by atoms with E-state index in [4.69, 9.17) is 0 Å². The van der Waals surface area contributed by atoms with Gasteiger partial charge in [0.25, 0.3) is 0 Å². The largest absolute Gasteiger partial charge is 0.324 e. The van der Waals surface area contributed by atoms with E-state index in [-0.39, 0.29) is 34.9 Å². The smallest absolute Gasteiger partial charge is 0.248 e. The molecule has 0 aliphatic heterocycles. The zero-order valence-electron chi connectivity index (χ0n) is 16.4. The standard InChI is InChI=1S/C23H14BrN5O3/c24-14-10-8-13(9-11-14)23-26-28-29(27-23)12-19(30)25-18-7-3-6-17-20(18)22(32)16-5-2-1-4-15(16)21(17)31/h1-11H,12H2,(H,25,30). The molecule has 1 aliphatic rings. The van der Waals surface area contributed by atoms with Crippen molar-refractivity contribution in [3.63, 3.8) is 0 Å². The Morgan fingerprint density at radius 2 is 1.56 bits per heavy atom. The van der Waals surface area contributed by atoms with Crippen LogP contribution in [0.5, 0.6) is 0 Å². The summed E-state index contributed by atoms with van der Waals surface area (Å²) in [7, 11) is 0.